The zero-order chi connectivity index (χ0) is 14.9. The molecule has 0 atom stereocenters. The summed E-state index contributed by atoms with van der Waals surface area (Å²) in [5, 5.41) is 3.71. The average molecular weight is 289 g/mol. The third kappa shape index (κ3) is 3.18. The molecule has 0 bridgehead atoms. The Kier molecular flexibility index (Phi) is 3.87. The van der Waals surface area contributed by atoms with Gasteiger partial charge in [0.05, 0.1) is 0 Å². The number of ether oxygens (including phenoxy) is 2. The van der Waals surface area contributed by atoms with Crippen molar-refractivity contribution >= 4 is 0 Å². The minimum Gasteiger partial charge on any atom is -0.486 e. The van der Waals surface area contributed by atoms with E-state index in [-0.39, 0.29) is 11.0 Å². The Hall–Kier alpha value is -1.22. The summed E-state index contributed by atoms with van der Waals surface area (Å²) in [6.07, 6.45) is 5.16. The highest BCUT2D eigenvalue weighted by atomic mass is 16.6. The molecule has 0 saturated heterocycles. The topological polar surface area (TPSA) is 30.5 Å². The molecule has 1 aromatic carbocycles. The first-order valence-corrected chi connectivity index (χ1v) is 8.14. The fraction of sp³-hybridized carbons (Fsp3) is 0.667. The molecule has 3 rings (SSSR count). The van der Waals surface area contributed by atoms with Crippen LogP contribution in [0.3, 0.4) is 0 Å². The zero-order valence-corrected chi connectivity index (χ0v) is 13.5. The lowest BCUT2D eigenvalue weighted by molar-refractivity contribution is 0.171. The summed E-state index contributed by atoms with van der Waals surface area (Å²) in [5.74, 6) is 1.81. The molecule has 1 saturated carbocycles. The minimum atomic E-state index is 0.156. The van der Waals surface area contributed by atoms with Gasteiger partial charge in [-0.25, -0.2) is 0 Å². The summed E-state index contributed by atoms with van der Waals surface area (Å²) in [5.41, 5.74) is 1.81. The highest BCUT2D eigenvalue weighted by Gasteiger charge is 2.37. The van der Waals surface area contributed by atoms with E-state index in [0.29, 0.717) is 13.2 Å². The Labute approximate surface area is 128 Å². The lowest BCUT2D eigenvalue weighted by atomic mass is 9.78. The van der Waals surface area contributed by atoms with E-state index >= 15 is 0 Å². The number of benzene rings is 1. The molecule has 1 aliphatic carbocycles. The van der Waals surface area contributed by atoms with Crippen molar-refractivity contribution in [2.24, 2.45) is 0 Å². The molecule has 3 heteroatoms. The fourth-order valence-corrected chi connectivity index (χ4v) is 3.43. The lowest BCUT2D eigenvalue weighted by Gasteiger charge is -2.34. The summed E-state index contributed by atoms with van der Waals surface area (Å²) in [4.78, 5) is 0. The molecule has 0 aromatic heterocycles. The van der Waals surface area contributed by atoms with Crippen molar-refractivity contribution in [1.82, 2.24) is 5.32 Å². The summed E-state index contributed by atoms with van der Waals surface area (Å²) < 4.78 is 11.4. The van der Waals surface area contributed by atoms with E-state index in [2.05, 4.69) is 44.3 Å². The van der Waals surface area contributed by atoms with Crippen molar-refractivity contribution in [3.05, 3.63) is 23.8 Å². The first-order chi connectivity index (χ1) is 9.99. The van der Waals surface area contributed by atoms with Gasteiger partial charge in [0.25, 0.3) is 0 Å². The van der Waals surface area contributed by atoms with Crippen molar-refractivity contribution in [1.29, 1.82) is 0 Å². The van der Waals surface area contributed by atoms with E-state index in [1.165, 1.54) is 31.2 Å². The van der Waals surface area contributed by atoms with Gasteiger partial charge in [-0.1, -0.05) is 18.9 Å². The zero-order valence-electron chi connectivity index (χ0n) is 13.5. The van der Waals surface area contributed by atoms with Crippen LogP contribution in [0.1, 0.15) is 52.0 Å². The number of hydrogen-bond acceptors (Lipinski definition) is 3. The maximum atomic E-state index is 5.77. The third-order valence-corrected chi connectivity index (χ3v) is 4.67. The van der Waals surface area contributed by atoms with Crippen LogP contribution >= 0.6 is 0 Å². The molecule has 0 radical (unpaired) electrons. The molecular formula is C18H27NO2. The van der Waals surface area contributed by atoms with Crippen molar-refractivity contribution < 1.29 is 9.47 Å². The summed E-state index contributed by atoms with van der Waals surface area (Å²) in [6.45, 7) is 9.06. The Morgan fingerprint density at radius 3 is 2.38 bits per heavy atom. The Bertz CT molecular complexity index is 498. The quantitative estimate of drug-likeness (QED) is 0.921. The van der Waals surface area contributed by atoms with E-state index in [1.54, 1.807) is 0 Å². The van der Waals surface area contributed by atoms with Crippen LogP contribution in [-0.4, -0.2) is 25.3 Å². The molecule has 0 amide bonds. The van der Waals surface area contributed by atoms with Crippen molar-refractivity contribution in [3.8, 4) is 11.5 Å². The largest absolute Gasteiger partial charge is 0.486 e. The number of rotatable bonds is 3. The van der Waals surface area contributed by atoms with Crippen LogP contribution in [0.2, 0.25) is 0 Å². The summed E-state index contributed by atoms with van der Waals surface area (Å²) in [6, 6.07) is 6.54. The summed E-state index contributed by atoms with van der Waals surface area (Å²) >= 11 is 0. The monoisotopic (exact) mass is 289 g/mol. The molecular weight excluding hydrogens is 262 g/mol. The van der Waals surface area contributed by atoms with Crippen LogP contribution in [0.15, 0.2) is 18.2 Å². The number of nitrogens with one attached hydrogen (secondary N) is 1. The standard InChI is InChI=1S/C18H27NO2/c1-17(2,3)19-13-18(8-4-5-9-18)14-6-7-15-16(12-14)21-11-10-20-15/h6-7,12,19H,4-5,8-11,13H2,1-3H3. The van der Waals surface area contributed by atoms with E-state index in [9.17, 15) is 0 Å². The van der Waals surface area contributed by atoms with Gasteiger partial charge in [-0.05, 0) is 51.3 Å². The Balaban J connectivity index is 1.86. The summed E-state index contributed by atoms with van der Waals surface area (Å²) in [7, 11) is 0. The van der Waals surface area contributed by atoms with Gasteiger partial charge in [0.15, 0.2) is 11.5 Å². The van der Waals surface area contributed by atoms with E-state index < -0.39 is 0 Å². The van der Waals surface area contributed by atoms with E-state index in [0.717, 1.165) is 18.0 Å². The smallest absolute Gasteiger partial charge is 0.161 e. The van der Waals surface area contributed by atoms with Gasteiger partial charge in [-0.3, -0.25) is 0 Å². The highest BCUT2D eigenvalue weighted by molar-refractivity contribution is 5.46. The first-order valence-electron chi connectivity index (χ1n) is 8.14. The normalized spacial score (nSPS) is 20.5. The van der Waals surface area contributed by atoms with Crippen molar-refractivity contribution in [3.63, 3.8) is 0 Å². The van der Waals surface area contributed by atoms with Crippen molar-refractivity contribution in [2.75, 3.05) is 19.8 Å². The Morgan fingerprint density at radius 1 is 1.05 bits per heavy atom. The van der Waals surface area contributed by atoms with Gasteiger partial charge in [0, 0.05) is 17.5 Å². The lowest BCUT2D eigenvalue weighted by Crippen LogP contribution is -2.45. The van der Waals surface area contributed by atoms with Crippen LogP contribution in [0.4, 0.5) is 0 Å². The molecule has 1 aliphatic heterocycles. The van der Waals surface area contributed by atoms with Gasteiger partial charge in [-0.2, -0.15) is 0 Å². The maximum absolute atomic E-state index is 5.77. The van der Waals surface area contributed by atoms with Gasteiger partial charge in [0.1, 0.15) is 13.2 Å². The maximum Gasteiger partial charge on any atom is 0.161 e. The molecule has 1 heterocycles. The number of fused-ring (bicyclic) bond motifs is 1. The molecule has 116 valence electrons. The Morgan fingerprint density at radius 2 is 1.71 bits per heavy atom. The second kappa shape index (κ2) is 5.53. The molecule has 0 unspecified atom stereocenters. The molecule has 2 aliphatic rings. The van der Waals surface area contributed by atoms with Crippen LogP contribution in [0.5, 0.6) is 11.5 Å². The predicted molar refractivity (Wildman–Crippen MR) is 85.3 cm³/mol. The molecule has 1 aromatic rings. The molecule has 21 heavy (non-hydrogen) atoms. The third-order valence-electron chi connectivity index (χ3n) is 4.67. The molecule has 0 spiro atoms. The van der Waals surface area contributed by atoms with E-state index in [1.807, 2.05) is 0 Å². The first kappa shape index (κ1) is 14.7. The minimum absolute atomic E-state index is 0.156. The van der Waals surface area contributed by atoms with Crippen LogP contribution in [0.25, 0.3) is 0 Å². The second-order valence-electron chi connectivity index (χ2n) is 7.45. The van der Waals surface area contributed by atoms with Gasteiger partial charge >= 0.3 is 0 Å². The van der Waals surface area contributed by atoms with Gasteiger partial charge in [0.2, 0.25) is 0 Å². The SMILES string of the molecule is CC(C)(C)NCC1(c2ccc3c(c2)OCCO3)CCCC1. The average Bonchev–Trinajstić information content (AvgIpc) is 2.94. The molecule has 1 fully saturated rings. The highest BCUT2D eigenvalue weighted by Crippen LogP contribution is 2.44. The second-order valence-corrected chi connectivity index (χ2v) is 7.45. The molecule has 1 N–H and O–H groups in total. The van der Waals surface area contributed by atoms with Crippen LogP contribution < -0.4 is 14.8 Å². The molecule has 3 nitrogen and oxygen atoms in total. The van der Waals surface area contributed by atoms with E-state index in [4.69, 9.17) is 9.47 Å². The van der Waals surface area contributed by atoms with Crippen LogP contribution in [-0.2, 0) is 5.41 Å². The van der Waals surface area contributed by atoms with Crippen LogP contribution in [0, 0.1) is 0 Å². The van der Waals surface area contributed by atoms with Gasteiger partial charge < -0.3 is 14.8 Å². The fourth-order valence-electron chi connectivity index (χ4n) is 3.43. The number of hydrogen-bond donors (Lipinski definition) is 1. The predicted octanol–water partition coefficient (Wildman–Crippen LogP) is 3.66. The van der Waals surface area contributed by atoms with Crippen molar-refractivity contribution in [2.45, 2.75) is 57.4 Å². The van der Waals surface area contributed by atoms with Gasteiger partial charge in [-0.15, -0.1) is 0 Å².